The van der Waals surface area contributed by atoms with E-state index in [1.54, 1.807) is 0 Å². The van der Waals surface area contributed by atoms with E-state index >= 15 is 0 Å². The van der Waals surface area contributed by atoms with Crippen LogP contribution in [0.4, 0.5) is 0 Å². The maximum Gasteiger partial charge on any atom is 0.305 e. The zero-order valence-corrected chi connectivity index (χ0v) is 52.0. The largest absolute Gasteiger partial charge is 0.466 e. The fourth-order valence-corrected chi connectivity index (χ4v) is 10.8. The van der Waals surface area contributed by atoms with Crippen molar-refractivity contribution in [1.82, 2.24) is 5.32 Å². The summed E-state index contributed by atoms with van der Waals surface area (Å²) in [6.07, 6.45) is 84.9. The van der Waals surface area contributed by atoms with Gasteiger partial charge in [0.25, 0.3) is 0 Å². The third-order valence-electron chi connectivity index (χ3n) is 16.2. The van der Waals surface area contributed by atoms with Gasteiger partial charge in [-0.25, -0.2) is 0 Å². The van der Waals surface area contributed by atoms with Gasteiger partial charge in [-0.3, -0.25) is 9.59 Å². The first kappa shape index (κ1) is 75.1. The van der Waals surface area contributed by atoms with Gasteiger partial charge in [0.1, 0.15) is 0 Å². The Morgan fingerprint density at radius 3 is 1.00 bits per heavy atom. The lowest BCUT2D eigenvalue weighted by atomic mass is 10.0. The Bertz CT molecular complexity index is 1250. The topological polar surface area (TPSA) is 95.9 Å². The minimum absolute atomic E-state index is 0.0131. The van der Waals surface area contributed by atoms with Gasteiger partial charge in [0, 0.05) is 12.8 Å². The van der Waals surface area contributed by atoms with Crippen LogP contribution in [0.1, 0.15) is 380 Å². The molecule has 0 bridgehead atoms. The summed E-state index contributed by atoms with van der Waals surface area (Å²) in [5.41, 5.74) is 0. The SMILES string of the molecule is CCCCCCCC/C=C\CCCCCCCCCCCC(=O)OCCCCCCCCCCC/C=C\C/C=C\CCCCCCCCCCCCCCCCCC(=O)NC(CO)C(O)CCCCCCCCCCCC. The smallest absolute Gasteiger partial charge is 0.305 e. The number of rotatable bonds is 65. The van der Waals surface area contributed by atoms with Crippen molar-refractivity contribution >= 4 is 11.9 Å². The molecule has 6 heteroatoms. The molecule has 77 heavy (non-hydrogen) atoms. The Balaban J connectivity index is 3.36. The predicted molar refractivity (Wildman–Crippen MR) is 338 cm³/mol. The number of esters is 1. The monoisotopic (exact) mass is 1080 g/mol. The van der Waals surface area contributed by atoms with Crippen LogP contribution in [-0.2, 0) is 14.3 Å². The molecule has 0 aromatic carbocycles. The van der Waals surface area contributed by atoms with E-state index in [2.05, 4.69) is 55.6 Å². The Morgan fingerprint density at radius 2 is 0.649 bits per heavy atom. The molecule has 6 nitrogen and oxygen atoms in total. The van der Waals surface area contributed by atoms with Gasteiger partial charge in [0.15, 0.2) is 0 Å². The summed E-state index contributed by atoms with van der Waals surface area (Å²) in [6, 6.07) is -0.539. The number of carbonyl (C=O) groups is 2. The zero-order chi connectivity index (χ0) is 55.7. The molecule has 0 radical (unpaired) electrons. The van der Waals surface area contributed by atoms with Crippen molar-refractivity contribution in [2.75, 3.05) is 13.2 Å². The molecule has 0 aromatic heterocycles. The highest BCUT2D eigenvalue weighted by Crippen LogP contribution is 2.18. The number of allylic oxidation sites excluding steroid dienone is 6. The van der Waals surface area contributed by atoms with Crippen molar-refractivity contribution in [3.63, 3.8) is 0 Å². The maximum absolute atomic E-state index is 12.4. The summed E-state index contributed by atoms with van der Waals surface area (Å²) in [5, 5.41) is 23.2. The van der Waals surface area contributed by atoms with Gasteiger partial charge >= 0.3 is 5.97 Å². The van der Waals surface area contributed by atoms with E-state index in [0.717, 1.165) is 51.4 Å². The van der Waals surface area contributed by atoms with Crippen LogP contribution in [0.15, 0.2) is 36.5 Å². The number of ether oxygens (including phenoxy) is 1. The first-order valence-corrected chi connectivity index (χ1v) is 34.7. The molecule has 0 heterocycles. The zero-order valence-electron chi connectivity index (χ0n) is 52.0. The number of aliphatic hydroxyl groups is 2. The molecule has 1 amide bonds. The molecule has 2 atom stereocenters. The molecule has 0 rings (SSSR count). The van der Waals surface area contributed by atoms with Crippen molar-refractivity contribution in [1.29, 1.82) is 0 Å². The van der Waals surface area contributed by atoms with Crippen LogP contribution in [0.3, 0.4) is 0 Å². The number of hydrogen-bond acceptors (Lipinski definition) is 5. The highest BCUT2D eigenvalue weighted by Gasteiger charge is 2.20. The van der Waals surface area contributed by atoms with E-state index in [-0.39, 0.29) is 18.5 Å². The average molecular weight is 1080 g/mol. The normalized spacial score (nSPS) is 12.7. The van der Waals surface area contributed by atoms with Crippen molar-refractivity contribution in [2.45, 2.75) is 392 Å². The van der Waals surface area contributed by atoms with Crippen LogP contribution in [0.5, 0.6) is 0 Å². The maximum atomic E-state index is 12.4. The fourth-order valence-electron chi connectivity index (χ4n) is 10.8. The predicted octanol–water partition coefficient (Wildman–Crippen LogP) is 22.3. The van der Waals surface area contributed by atoms with E-state index in [4.69, 9.17) is 4.74 Å². The molecule has 454 valence electrons. The number of carbonyl (C=O) groups excluding carboxylic acids is 2. The number of unbranched alkanes of at least 4 members (excludes halogenated alkanes) is 48. The molecule has 2 unspecified atom stereocenters. The Labute approximate surface area is 481 Å². The Kier molecular flexibility index (Phi) is 64.9. The summed E-state index contributed by atoms with van der Waals surface area (Å²) < 4.78 is 5.50. The second kappa shape index (κ2) is 66.6. The van der Waals surface area contributed by atoms with Gasteiger partial charge in [-0.2, -0.15) is 0 Å². The van der Waals surface area contributed by atoms with Crippen LogP contribution in [0, 0.1) is 0 Å². The molecule has 0 aliphatic heterocycles. The minimum Gasteiger partial charge on any atom is -0.466 e. The molecule has 0 spiro atoms. The van der Waals surface area contributed by atoms with Crippen molar-refractivity contribution in [2.24, 2.45) is 0 Å². The standard InChI is InChI=1S/C71H135NO5/c1-3-5-7-9-11-13-15-16-17-18-32-36-39-42-45-49-53-57-61-65-71(76)77-66-62-58-54-50-46-43-40-37-34-31-29-27-25-23-21-19-20-22-24-26-28-30-33-35-38-41-44-48-52-56-60-64-70(75)72-68(67-73)69(74)63-59-55-51-47-14-12-10-8-6-4-2/h16-17,21,23,27,29,68-69,73-74H,3-15,18-20,22,24-26,28,30-67H2,1-2H3,(H,72,75)/b17-16-,23-21-,29-27-. The second-order valence-corrected chi connectivity index (χ2v) is 23.9. The molecular weight excluding hydrogens is 947 g/mol. The quantitative estimate of drug-likeness (QED) is 0.0320. The van der Waals surface area contributed by atoms with Crippen LogP contribution < -0.4 is 5.32 Å². The number of hydrogen-bond donors (Lipinski definition) is 3. The van der Waals surface area contributed by atoms with Gasteiger partial charge < -0.3 is 20.3 Å². The van der Waals surface area contributed by atoms with E-state index in [0.29, 0.717) is 25.9 Å². The van der Waals surface area contributed by atoms with Crippen molar-refractivity contribution in [3.05, 3.63) is 36.5 Å². The van der Waals surface area contributed by atoms with Crippen molar-refractivity contribution in [3.8, 4) is 0 Å². The van der Waals surface area contributed by atoms with E-state index < -0.39 is 12.1 Å². The highest BCUT2D eigenvalue weighted by molar-refractivity contribution is 5.76. The molecule has 0 aliphatic carbocycles. The Morgan fingerprint density at radius 1 is 0.364 bits per heavy atom. The second-order valence-electron chi connectivity index (χ2n) is 23.9. The molecule has 3 N–H and O–H groups in total. The summed E-state index contributed by atoms with van der Waals surface area (Å²) in [4.78, 5) is 24.6. The molecular formula is C71H135NO5. The van der Waals surface area contributed by atoms with E-state index in [1.165, 1.54) is 295 Å². The molecule has 0 aliphatic rings. The van der Waals surface area contributed by atoms with Crippen LogP contribution >= 0.6 is 0 Å². The van der Waals surface area contributed by atoms with Crippen LogP contribution in [0.2, 0.25) is 0 Å². The molecule has 0 saturated heterocycles. The lowest BCUT2D eigenvalue weighted by Gasteiger charge is -2.22. The van der Waals surface area contributed by atoms with Crippen molar-refractivity contribution < 1.29 is 24.5 Å². The number of aliphatic hydroxyl groups excluding tert-OH is 2. The van der Waals surface area contributed by atoms with Gasteiger partial charge in [-0.1, -0.05) is 320 Å². The van der Waals surface area contributed by atoms with Gasteiger partial charge in [0.2, 0.25) is 5.91 Å². The number of amides is 1. The molecule has 0 fully saturated rings. The third kappa shape index (κ3) is 63.1. The first-order chi connectivity index (χ1) is 38.0. The highest BCUT2D eigenvalue weighted by atomic mass is 16.5. The average Bonchev–Trinajstić information content (AvgIpc) is 3.43. The van der Waals surface area contributed by atoms with E-state index in [9.17, 15) is 19.8 Å². The summed E-state index contributed by atoms with van der Waals surface area (Å²) in [7, 11) is 0. The Hall–Kier alpha value is -1.92. The van der Waals surface area contributed by atoms with Crippen LogP contribution in [-0.4, -0.2) is 47.4 Å². The van der Waals surface area contributed by atoms with E-state index in [1.807, 2.05) is 0 Å². The third-order valence-corrected chi connectivity index (χ3v) is 16.2. The molecule has 0 aromatic rings. The van der Waals surface area contributed by atoms with Crippen LogP contribution in [0.25, 0.3) is 0 Å². The lowest BCUT2D eigenvalue weighted by Crippen LogP contribution is -2.45. The first-order valence-electron chi connectivity index (χ1n) is 34.7. The lowest BCUT2D eigenvalue weighted by molar-refractivity contribution is -0.143. The summed E-state index contributed by atoms with van der Waals surface area (Å²) in [6.45, 7) is 4.95. The summed E-state index contributed by atoms with van der Waals surface area (Å²) in [5.74, 6) is -0.0218. The minimum atomic E-state index is -0.662. The van der Waals surface area contributed by atoms with Gasteiger partial charge in [0.05, 0.1) is 25.4 Å². The summed E-state index contributed by atoms with van der Waals surface area (Å²) >= 11 is 0. The fraction of sp³-hybridized carbons (Fsp3) is 0.887. The van der Waals surface area contributed by atoms with Gasteiger partial charge in [-0.05, 0) is 83.5 Å². The van der Waals surface area contributed by atoms with Gasteiger partial charge in [-0.15, -0.1) is 0 Å². The number of nitrogens with one attached hydrogen (secondary N) is 1. The molecule has 0 saturated carbocycles.